The molecule has 1 aliphatic rings. The molecule has 1 heterocycles. The third-order valence-electron chi connectivity index (χ3n) is 3.64. The van der Waals surface area contributed by atoms with Crippen LogP contribution in [-0.4, -0.2) is 42.9 Å². The van der Waals surface area contributed by atoms with Crippen molar-refractivity contribution in [1.82, 2.24) is 4.90 Å². The average Bonchev–Trinajstić information content (AvgIpc) is 2.42. The fourth-order valence-electron chi connectivity index (χ4n) is 2.62. The Hall–Kier alpha value is -0.770. The predicted octanol–water partition coefficient (Wildman–Crippen LogP) is 2.81. The highest BCUT2D eigenvalue weighted by Gasteiger charge is 2.19. The number of likely N-dealkylation sites (tertiary alicyclic amines) is 1. The van der Waals surface area contributed by atoms with Crippen LogP contribution in [0.25, 0.3) is 0 Å². The number of ether oxygens (including phenoxy) is 1. The van der Waals surface area contributed by atoms with Gasteiger partial charge in [0.15, 0.2) is 0 Å². The van der Waals surface area contributed by atoms with E-state index in [-0.39, 0.29) is 0 Å². The van der Waals surface area contributed by atoms with Crippen LogP contribution in [0.3, 0.4) is 0 Å². The van der Waals surface area contributed by atoms with Crippen molar-refractivity contribution >= 4 is 11.6 Å². The Labute approximate surface area is 120 Å². The van der Waals surface area contributed by atoms with Crippen molar-refractivity contribution in [2.45, 2.75) is 19.3 Å². The van der Waals surface area contributed by atoms with Crippen molar-refractivity contribution in [3.05, 3.63) is 29.3 Å². The molecule has 1 saturated heterocycles. The van der Waals surface area contributed by atoms with E-state index in [1.165, 1.54) is 12.8 Å². The van der Waals surface area contributed by atoms with Gasteiger partial charge in [-0.2, -0.15) is 0 Å². The van der Waals surface area contributed by atoms with Crippen LogP contribution in [0.2, 0.25) is 5.02 Å². The molecule has 0 aliphatic carbocycles. The normalized spacial score (nSPS) is 20.4. The number of hydrogen-bond donors (Lipinski definition) is 1. The molecule has 1 fully saturated rings. The van der Waals surface area contributed by atoms with Crippen LogP contribution in [0.4, 0.5) is 0 Å². The lowest BCUT2D eigenvalue weighted by Crippen LogP contribution is -2.38. The van der Waals surface area contributed by atoms with Crippen molar-refractivity contribution in [1.29, 1.82) is 0 Å². The molecule has 3 nitrogen and oxygen atoms in total. The lowest BCUT2D eigenvalue weighted by Gasteiger charge is -2.32. The molecular formula is C15H22ClNO2. The molecule has 0 spiro atoms. The fourth-order valence-corrected chi connectivity index (χ4v) is 2.81. The van der Waals surface area contributed by atoms with E-state index in [2.05, 4.69) is 4.90 Å². The number of rotatable bonds is 6. The Balaban J connectivity index is 1.72. The van der Waals surface area contributed by atoms with E-state index in [1.54, 1.807) is 0 Å². The molecule has 2 rings (SSSR count). The van der Waals surface area contributed by atoms with Gasteiger partial charge in [-0.15, -0.1) is 0 Å². The third kappa shape index (κ3) is 4.68. The summed E-state index contributed by atoms with van der Waals surface area (Å²) in [6, 6.07) is 7.57. The molecule has 106 valence electrons. The molecular weight excluding hydrogens is 262 g/mol. The van der Waals surface area contributed by atoms with E-state index in [9.17, 15) is 0 Å². The SMILES string of the molecule is OCCC1CCCN(CCOc2ccccc2Cl)C1. The highest BCUT2D eigenvalue weighted by atomic mass is 35.5. The van der Waals surface area contributed by atoms with Gasteiger partial charge in [-0.25, -0.2) is 0 Å². The monoisotopic (exact) mass is 283 g/mol. The van der Waals surface area contributed by atoms with Gasteiger partial charge in [-0.1, -0.05) is 23.7 Å². The Bertz CT molecular complexity index is 384. The largest absolute Gasteiger partial charge is 0.491 e. The molecule has 0 saturated carbocycles. The predicted molar refractivity (Wildman–Crippen MR) is 77.8 cm³/mol. The molecule has 1 aromatic rings. The van der Waals surface area contributed by atoms with Crippen LogP contribution in [0.1, 0.15) is 19.3 Å². The number of halogens is 1. The van der Waals surface area contributed by atoms with Gasteiger partial charge < -0.3 is 9.84 Å². The second kappa shape index (κ2) is 7.73. The molecule has 1 N–H and O–H groups in total. The van der Waals surface area contributed by atoms with E-state index in [0.29, 0.717) is 24.2 Å². The van der Waals surface area contributed by atoms with E-state index < -0.39 is 0 Å². The van der Waals surface area contributed by atoms with E-state index in [1.807, 2.05) is 24.3 Å². The topological polar surface area (TPSA) is 32.7 Å². The van der Waals surface area contributed by atoms with Gasteiger partial charge in [0.1, 0.15) is 12.4 Å². The summed E-state index contributed by atoms with van der Waals surface area (Å²) in [7, 11) is 0. The zero-order valence-corrected chi connectivity index (χ0v) is 12.0. The summed E-state index contributed by atoms with van der Waals surface area (Å²) in [5.74, 6) is 1.40. The molecule has 0 bridgehead atoms. The Morgan fingerprint density at radius 3 is 3.00 bits per heavy atom. The summed E-state index contributed by atoms with van der Waals surface area (Å²) in [6.07, 6.45) is 3.38. The first kappa shape index (κ1) is 14.6. The zero-order valence-electron chi connectivity index (χ0n) is 11.2. The zero-order chi connectivity index (χ0) is 13.5. The van der Waals surface area contributed by atoms with Crippen molar-refractivity contribution in [3.8, 4) is 5.75 Å². The summed E-state index contributed by atoms with van der Waals surface area (Å²) >= 11 is 6.04. The Morgan fingerprint density at radius 2 is 2.21 bits per heavy atom. The number of hydrogen-bond acceptors (Lipinski definition) is 3. The summed E-state index contributed by atoms with van der Waals surface area (Å²) < 4.78 is 5.71. The van der Waals surface area contributed by atoms with Crippen molar-refractivity contribution in [3.63, 3.8) is 0 Å². The van der Waals surface area contributed by atoms with Crippen LogP contribution in [0, 0.1) is 5.92 Å². The van der Waals surface area contributed by atoms with Crippen LogP contribution < -0.4 is 4.74 Å². The molecule has 0 amide bonds. The minimum Gasteiger partial charge on any atom is -0.491 e. The second-order valence-corrected chi connectivity index (χ2v) is 5.51. The van der Waals surface area contributed by atoms with Crippen molar-refractivity contribution < 1.29 is 9.84 Å². The van der Waals surface area contributed by atoms with Gasteiger partial charge in [-0.05, 0) is 43.9 Å². The number of nitrogens with zero attached hydrogens (tertiary/aromatic N) is 1. The van der Waals surface area contributed by atoms with Gasteiger partial charge in [0.2, 0.25) is 0 Å². The van der Waals surface area contributed by atoms with Crippen LogP contribution in [0.5, 0.6) is 5.75 Å². The highest BCUT2D eigenvalue weighted by molar-refractivity contribution is 6.32. The first-order valence-corrected chi connectivity index (χ1v) is 7.38. The molecule has 19 heavy (non-hydrogen) atoms. The summed E-state index contributed by atoms with van der Waals surface area (Å²) in [5, 5.41) is 9.67. The van der Waals surface area contributed by atoms with Crippen LogP contribution in [0.15, 0.2) is 24.3 Å². The van der Waals surface area contributed by atoms with Crippen molar-refractivity contribution in [2.75, 3.05) is 32.8 Å². The van der Waals surface area contributed by atoms with Crippen LogP contribution in [-0.2, 0) is 0 Å². The Kier molecular flexibility index (Phi) is 5.95. The minimum absolute atomic E-state index is 0.300. The maximum absolute atomic E-state index is 9.00. The lowest BCUT2D eigenvalue weighted by molar-refractivity contribution is 0.129. The quantitative estimate of drug-likeness (QED) is 0.871. The van der Waals surface area contributed by atoms with Gasteiger partial charge in [-0.3, -0.25) is 4.90 Å². The highest BCUT2D eigenvalue weighted by Crippen LogP contribution is 2.23. The number of piperidine rings is 1. The first-order valence-electron chi connectivity index (χ1n) is 7.00. The van der Waals surface area contributed by atoms with E-state index in [4.69, 9.17) is 21.4 Å². The number of para-hydroxylation sites is 1. The maximum atomic E-state index is 9.00. The first-order chi connectivity index (χ1) is 9.29. The number of aliphatic hydroxyl groups is 1. The van der Waals surface area contributed by atoms with E-state index >= 15 is 0 Å². The molecule has 4 heteroatoms. The van der Waals surface area contributed by atoms with Gasteiger partial charge in [0, 0.05) is 19.7 Å². The standard InChI is InChI=1S/C15H22ClNO2/c16-14-5-1-2-6-15(14)19-11-9-17-8-3-4-13(12-17)7-10-18/h1-2,5-6,13,18H,3-4,7-12H2. The minimum atomic E-state index is 0.300. The molecule has 0 radical (unpaired) electrons. The lowest BCUT2D eigenvalue weighted by atomic mass is 9.95. The van der Waals surface area contributed by atoms with Gasteiger partial charge >= 0.3 is 0 Å². The number of aliphatic hydroxyl groups excluding tert-OH is 1. The van der Waals surface area contributed by atoms with Crippen LogP contribution >= 0.6 is 11.6 Å². The molecule has 1 aromatic carbocycles. The Morgan fingerprint density at radius 1 is 1.37 bits per heavy atom. The molecule has 1 unspecified atom stereocenters. The summed E-state index contributed by atoms with van der Waals surface area (Å²) in [4.78, 5) is 2.42. The van der Waals surface area contributed by atoms with Gasteiger partial charge in [0.05, 0.1) is 5.02 Å². The number of benzene rings is 1. The smallest absolute Gasteiger partial charge is 0.137 e. The average molecular weight is 284 g/mol. The summed E-state index contributed by atoms with van der Waals surface area (Å²) in [6.45, 7) is 4.09. The molecule has 1 atom stereocenters. The third-order valence-corrected chi connectivity index (χ3v) is 3.95. The molecule has 0 aromatic heterocycles. The van der Waals surface area contributed by atoms with Gasteiger partial charge in [0.25, 0.3) is 0 Å². The maximum Gasteiger partial charge on any atom is 0.137 e. The fraction of sp³-hybridized carbons (Fsp3) is 0.600. The second-order valence-electron chi connectivity index (χ2n) is 5.10. The summed E-state index contributed by atoms with van der Waals surface area (Å²) in [5.41, 5.74) is 0. The molecule has 1 aliphatic heterocycles. The van der Waals surface area contributed by atoms with E-state index in [0.717, 1.165) is 31.8 Å². The van der Waals surface area contributed by atoms with Crippen molar-refractivity contribution in [2.24, 2.45) is 5.92 Å².